The molecule has 10 heteroatoms. The molecule has 4 rings (SSSR count). The van der Waals surface area contributed by atoms with Gasteiger partial charge in [-0.25, -0.2) is 9.48 Å². The summed E-state index contributed by atoms with van der Waals surface area (Å²) in [4.78, 5) is 41.0. The molecule has 1 fully saturated rings. The summed E-state index contributed by atoms with van der Waals surface area (Å²) in [7, 11) is 1.48. The molecule has 30 heavy (non-hydrogen) atoms. The van der Waals surface area contributed by atoms with Crippen LogP contribution in [0.5, 0.6) is 5.75 Å². The minimum absolute atomic E-state index is 0.00240. The van der Waals surface area contributed by atoms with E-state index in [9.17, 15) is 14.4 Å². The standard InChI is InChI=1S/C20H24ClN5O4/c1-25-20(29)23-17(24-25)18(27)22-15-5-2-12(3-6-15)19(28)26-8-9-30-16-7-4-14(21)10-13(16)11-26/h4,7,10,12,15H,2-3,5-6,8-9,11H2,1H3,(H,22,27)(H,23,24,29). The first kappa shape index (κ1) is 20.5. The number of hydrogen-bond donors (Lipinski definition) is 2. The molecule has 1 aromatic heterocycles. The van der Waals surface area contributed by atoms with Gasteiger partial charge >= 0.3 is 5.69 Å². The number of aromatic nitrogens is 3. The maximum Gasteiger partial charge on any atom is 0.343 e. The highest BCUT2D eigenvalue weighted by molar-refractivity contribution is 6.30. The van der Waals surface area contributed by atoms with Gasteiger partial charge < -0.3 is 15.0 Å². The quantitative estimate of drug-likeness (QED) is 0.761. The summed E-state index contributed by atoms with van der Waals surface area (Å²) in [5.74, 6) is 0.413. The van der Waals surface area contributed by atoms with Gasteiger partial charge in [-0.2, -0.15) is 0 Å². The monoisotopic (exact) mass is 433 g/mol. The molecule has 0 spiro atoms. The first-order valence-corrected chi connectivity index (χ1v) is 10.4. The second-order valence-electron chi connectivity index (χ2n) is 7.78. The molecule has 2 aliphatic rings. The van der Waals surface area contributed by atoms with Crippen molar-refractivity contribution in [1.82, 2.24) is 25.0 Å². The van der Waals surface area contributed by atoms with Crippen molar-refractivity contribution in [3.63, 3.8) is 0 Å². The van der Waals surface area contributed by atoms with Crippen LogP contribution in [-0.2, 0) is 18.4 Å². The number of rotatable bonds is 3. The van der Waals surface area contributed by atoms with Crippen molar-refractivity contribution in [2.75, 3.05) is 13.2 Å². The third-order valence-corrected chi connectivity index (χ3v) is 5.95. The minimum Gasteiger partial charge on any atom is -0.491 e. The highest BCUT2D eigenvalue weighted by Gasteiger charge is 2.31. The molecular formula is C20H24ClN5O4. The Morgan fingerprint density at radius 2 is 2.03 bits per heavy atom. The number of nitrogens with one attached hydrogen (secondary N) is 2. The number of aryl methyl sites for hydroxylation is 1. The zero-order valence-corrected chi connectivity index (χ0v) is 17.4. The summed E-state index contributed by atoms with van der Waals surface area (Å²) in [5.41, 5.74) is 0.484. The predicted molar refractivity (Wildman–Crippen MR) is 109 cm³/mol. The largest absolute Gasteiger partial charge is 0.491 e. The number of halogens is 1. The fraction of sp³-hybridized carbons (Fsp3) is 0.500. The summed E-state index contributed by atoms with van der Waals surface area (Å²) in [5, 5.41) is 7.39. The van der Waals surface area contributed by atoms with Gasteiger partial charge in [-0.1, -0.05) is 11.6 Å². The molecule has 1 aliphatic heterocycles. The van der Waals surface area contributed by atoms with Crippen LogP contribution in [0.25, 0.3) is 0 Å². The third-order valence-electron chi connectivity index (χ3n) is 5.71. The van der Waals surface area contributed by atoms with Crippen molar-refractivity contribution in [2.45, 2.75) is 38.3 Å². The Balaban J connectivity index is 1.33. The van der Waals surface area contributed by atoms with Gasteiger partial charge in [0.2, 0.25) is 11.7 Å². The van der Waals surface area contributed by atoms with Crippen LogP contribution in [-0.4, -0.2) is 50.7 Å². The van der Waals surface area contributed by atoms with E-state index in [2.05, 4.69) is 15.4 Å². The van der Waals surface area contributed by atoms with Crippen LogP contribution < -0.4 is 15.7 Å². The van der Waals surface area contributed by atoms with Gasteiger partial charge in [0, 0.05) is 36.1 Å². The molecule has 0 bridgehead atoms. The Bertz CT molecular complexity index is 1010. The van der Waals surface area contributed by atoms with Gasteiger partial charge in [0.05, 0.1) is 6.54 Å². The molecule has 2 N–H and O–H groups in total. The molecule has 2 aromatic rings. The zero-order chi connectivity index (χ0) is 21.3. The molecule has 2 amide bonds. The molecule has 0 radical (unpaired) electrons. The molecule has 1 aromatic carbocycles. The van der Waals surface area contributed by atoms with Crippen LogP contribution in [0.2, 0.25) is 5.02 Å². The molecule has 0 saturated heterocycles. The van der Waals surface area contributed by atoms with Crippen LogP contribution in [0.15, 0.2) is 23.0 Å². The van der Waals surface area contributed by atoms with Crippen molar-refractivity contribution in [1.29, 1.82) is 0 Å². The number of nitrogens with zero attached hydrogens (tertiary/aromatic N) is 3. The lowest BCUT2D eigenvalue weighted by atomic mass is 9.85. The molecule has 0 unspecified atom stereocenters. The highest BCUT2D eigenvalue weighted by Crippen LogP contribution is 2.30. The lowest BCUT2D eigenvalue weighted by Crippen LogP contribution is -2.43. The van der Waals surface area contributed by atoms with Crippen LogP contribution in [0.3, 0.4) is 0 Å². The van der Waals surface area contributed by atoms with Crippen molar-refractivity contribution in [3.05, 3.63) is 45.1 Å². The average Bonchev–Trinajstić information content (AvgIpc) is 2.94. The summed E-state index contributed by atoms with van der Waals surface area (Å²) in [6.45, 7) is 1.47. The van der Waals surface area contributed by atoms with E-state index in [0.29, 0.717) is 50.4 Å². The van der Waals surface area contributed by atoms with Gasteiger partial charge in [-0.05, 0) is 43.9 Å². The van der Waals surface area contributed by atoms with E-state index < -0.39 is 11.6 Å². The molecular weight excluding hydrogens is 410 g/mol. The predicted octanol–water partition coefficient (Wildman–Crippen LogP) is 1.47. The normalized spacial score (nSPS) is 21.3. The minimum atomic E-state index is -0.432. The van der Waals surface area contributed by atoms with E-state index in [1.54, 1.807) is 6.07 Å². The SMILES string of the molecule is Cn1nc(C(=O)NC2CCC(C(=O)N3CCOc4ccc(Cl)cc4C3)CC2)[nH]c1=O. The zero-order valence-electron chi connectivity index (χ0n) is 16.7. The van der Waals surface area contributed by atoms with E-state index in [1.807, 2.05) is 17.0 Å². The molecule has 2 heterocycles. The number of carbonyl (C=O) groups is 2. The summed E-state index contributed by atoms with van der Waals surface area (Å²) >= 11 is 6.10. The number of amides is 2. The molecule has 160 valence electrons. The van der Waals surface area contributed by atoms with Gasteiger partial charge in [0.25, 0.3) is 5.91 Å². The number of H-pyrrole nitrogens is 1. The topological polar surface area (TPSA) is 109 Å². The second-order valence-corrected chi connectivity index (χ2v) is 8.22. The highest BCUT2D eigenvalue weighted by atomic mass is 35.5. The van der Waals surface area contributed by atoms with E-state index >= 15 is 0 Å². The number of benzene rings is 1. The number of ether oxygens (including phenoxy) is 1. The van der Waals surface area contributed by atoms with Crippen LogP contribution in [0, 0.1) is 5.92 Å². The first-order chi connectivity index (χ1) is 14.4. The van der Waals surface area contributed by atoms with Crippen LogP contribution >= 0.6 is 11.6 Å². The van der Waals surface area contributed by atoms with Gasteiger partial charge in [-0.15, -0.1) is 5.10 Å². The lowest BCUT2D eigenvalue weighted by Gasteiger charge is -2.31. The fourth-order valence-corrected chi connectivity index (χ4v) is 4.25. The Hall–Kier alpha value is -2.81. The van der Waals surface area contributed by atoms with Crippen molar-refractivity contribution >= 4 is 23.4 Å². The summed E-state index contributed by atoms with van der Waals surface area (Å²) in [6, 6.07) is 5.43. The van der Waals surface area contributed by atoms with Gasteiger partial charge in [0.15, 0.2) is 0 Å². The van der Waals surface area contributed by atoms with Crippen LogP contribution in [0.4, 0.5) is 0 Å². The number of carbonyl (C=O) groups excluding carboxylic acids is 2. The first-order valence-electron chi connectivity index (χ1n) is 10.0. The second kappa shape index (κ2) is 8.51. The Labute approximate surface area is 178 Å². The Morgan fingerprint density at radius 1 is 1.27 bits per heavy atom. The van der Waals surface area contributed by atoms with Crippen molar-refractivity contribution in [2.24, 2.45) is 13.0 Å². The van der Waals surface area contributed by atoms with E-state index in [-0.39, 0.29) is 23.7 Å². The Morgan fingerprint density at radius 3 is 2.73 bits per heavy atom. The molecule has 1 aliphatic carbocycles. The molecule has 9 nitrogen and oxygen atoms in total. The van der Waals surface area contributed by atoms with Crippen molar-refractivity contribution in [3.8, 4) is 5.75 Å². The average molecular weight is 434 g/mol. The molecule has 1 saturated carbocycles. The van der Waals surface area contributed by atoms with E-state index in [0.717, 1.165) is 16.0 Å². The molecule has 0 atom stereocenters. The fourth-order valence-electron chi connectivity index (χ4n) is 4.05. The Kier molecular flexibility index (Phi) is 5.80. The number of aromatic amines is 1. The van der Waals surface area contributed by atoms with Gasteiger partial charge in [-0.3, -0.25) is 14.6 Å². The van der Waals surface area contributed by atoms with E-state index in [1.165, 1.54) is 7.05 Å². The maximum absolute atomic E-state index is 13.1. The smallest absolute Gasteiger partial charge is 0.343 e. The van der Waals surface area contributed by atoms with Gasteiger partial charge in [0.1, 0.15) is 12.4 Å². The third kappa shape index (κ3) is 4.35. The number of hydrogen-bond acceptors (Lipinski definition) is 5. The van der Waals surface area contributed by atoms with Crippen LogP contribution in [0.1, 0.15) is 41.9 Å². The maximum atomic E-state index is 13.1. The van der Waals surface area contributed by atoms with E-state index in [4.69, 9.17) is 16.3 Å². The summed E-state index contributed by atoms with van der Waals surface area (Å²) in [6.07, 6.45) is 2.79. The lowest BCUT2D eigenvalue weighted by molar-refractivity contribution is -0.137. The van der Waals surface area contributed by atoms with Crippen molar-refractivity contribution < 1.29 is 14.3 Å². The summed E-state index contributed by atoms with van der Waals surface area (Å²) < 4.78 is 6.84. The number of fused-ring (bicyclic) bond motifs is 1.